The standard InChI is InChI=1S/C14H23BrN2/c1-11(2)7-8-17(3)14(10-16)12-5-4-6-13(15)9-12/h4-6,9,11,14H,7-8,10,16H2,1-3H3. The number of halogens is 1. The maximum Gasteiger partial charge on any atom is 0.0467 e. The molecule has 0 saturated heterocycles. The highest BCUT2D eigenvalue weighted by Gasteiger charge is 2.15. The fraction of sp³-hybridized carbons (Fsp3) is 0.571. The zero-order valence-corrected chi connectivity index (χ0v) is 12.6. The Morgan fingerprint density at radius 3 is 2.59 bits per heavy atom. The van der Waals surface area contributed by atoms with E-state index in [1.54, 1.807) is 0 Å². The number of hydrogen-bond acceptors (Lipinski definition) is 2. The molecule has 0 bridgehead atoms. The Kier molecular flexibility index (Phi) is 6.17. The first-order valence-corrected chi connectivity index (χ1v) is 6.99. The zero-order valence-electron chi connectivity index (χ0n) is 11.0. The van der Waals surface area contributed by atoms with E-state index in [1.165, 1.54) is 12.0 Å². The van der Waals surface area contributed by atoms with Crippen molar-refractivity contribution in [2.45, 2.75) is 26.3 Å². The summed E-state index contributed by atoms with van der Waals surface area (Å²) in [6, 6.07) is 8.73. The van der Waals surface area contributed by atoms with Gasteiger partial charge in [-0.15, -0.1) is 0 Å². The van der Waals surface area contributed by atoms with Gasteiger partial charge in [-0.05, 0) is 43.6 Å². The molecule has 0 aliphatic carbocycles. The van der Waals surface area contributed by atoms with Crippen molar-refractivity contribution in [3.63, 3.8) is 0 Å². The first-order valence-electron chi connectivity index (χ1n) is 6.20. The third-order valence-corrected chi connectivity index (χ3v) is 3.54. The number of nitrogens with two attached hydrogens (primary N) is 1. The van der Waals surface area contributed by atoms with Gasteiger partial charge in [0, 0.05) is 17.1 Å². The third kappa shape index (κ3) is 4.78. The number of likely N-dealkylation sites (N-methyl/N-ethyl adjacent to an activating group) is 1. The second-order valence-corrected chi connectivity index (χ2v) is 5.89. The Hall–Kier alpha value is -0.380. The van der Waals surface area contributed by atoms with Gasteiger partial charge in [-0.1, -0.05) is 41.9 Å². The van der Waals surface area contributed by atoms with Gasteiger partial charge in [0.2, 0.25) is 0 Å². The quantitative estimate of drug-likeness (QED) is 0.872. The van der Waals surface area contributed by atoms with Crippen LogP contribution >= 0.6 is 15.9 Å². The van der Waals surface area contributed by atoms with E-state index < -0.39 is 0 Å². The van der Waals surface area contributed by atoms with Crippen molar-refractivity contribution in [1.29, 1.82) is 0 Å². The molecule has 1 aromatic rings. The van der Waals surface area contributed by atoms with Gasteiger partial charge >= 0.3 is 0 Å². The van der Waals surface area contributed by atoms with Crippen molar-refractivity contribution >= 4 is 15.9 Å². The summed E-state index contributed by atoms with van der Waals surface area (Å²) in [5.74, 6) is 0.735. The predicted molar refractivity (Wildman–Crippen MR) is 78.0 cm³/mol. The molecule has 2 nitrogen and oxygen atoms in total. The van der Waals surface area contributed by atoms with E-state index in [0.717, 1.165) is 16.9 Å². The van der Waals surface area contributed by atoms with Crippen LogP contribution in [-0.4, -0.2) is 25.0 Å². The highest BCUT2D eigenvalue weighted by Crippen LogP contribution is 2.22. The first kappa shape index (κ1) is 14.7. The van der Waals surface area contributed by atoms with Crippen LogP contribution in [0.4, 0.5) is 0 Å². The predicted octanol–water partition coefficient (Wildman–Crippen LogP) is 3.43. The molecule has 0 fully saturated rings. The SMILES string of the molecule is CC(C)CCN(C)C(CN)c1cccc(Br)c1. The molecule has 0 spiro atoms. The van der Waals surface area contributed by atoms with Crippen LogP contribution in [0.15, 0.2) is 28.7 Å². The van der Waals surface area contributed by atoms with E-state index in [4.69, 9.17) is 5.73 Å². The summed E-state index contributed by atoms with van der Waals surface area (Å²) < 4.78 is 1.12. The molecular weight excluding hydrogens is 276 g/mol. The highest BCUT2D eigenvalue weighted by molar-refractivity contribution is 9.10. The average molecular weight is 299 g/mol. The average Bonchev–Trinajstić information content (AvgIpc) is 2.27. The number of nitrogens with zero attached hydrogens (tertiary/aromatic N) is 1. The summed E-state index contributed by atoms with van der Waals surface area (Å²) in [5.41, 5.74) is 7.19. The molecule has 3 heteroatoms. The molecule has 0 saturated carbocycles. The largest absolute Gasteiger partial charge is 0.329 e. The number of hydrogen-bond donors (Lipinski definition) is 1. The van der Waals surface area contributed by atoms with Gasteiger partial charge in [-0.2, -0.15) is 0 Å². The van der Waals surface area contributed by atoms with Crippen molar-refractivity contribution in [2.24, 2.45) is 11.7 Å². The molecule has 1 unspecified atom stereocenters. The van der Waals surface area contributed by atoms with Crippen molar-refractivity contribution in [3.05, 3.63) is 34.3 Å². The Labute approximate surface area is 113 Å². The molecule has 0 radical (unpaired) electrons. The van der Waals surface area contributed by atoms with Gasteiger partial charge < -0.3 is 5.73 Å². The molecule has 0 amide bonds. The van der Waals surface area contributed by atoms with Crippen LogP contribution in [0.1, 0.15) is 31.9 Å². The molecular formula is C14H23BrN2. The minimum Gasteiger partial charge on any atom is -0.329 e. The monoisotopic (exact) mass is 298 g/mol. The van der Waals surface area contributed by atoms with Crippen molar-refractivity contribution in [1.82, 2.24) is 4.90 Å². The second kappa shape index (κ2) is 7.14. The van der Waals surface area contributed by atoms with Gasteiger partial charge in [0.15, 0.2) is 0 Å². The molecule has 0 aromatic heterocycles. The van der Waals surface area contributed by atoms with E-state index in [9.17, 15) is 0 Å². The molecule has 1 aromatic carbocycles. The highest BCUT2D eigenvalue weighted by atomic mass is 79.9. The lowest BCUT2D eigenvalue weighted by Crippen LogP contribution is -2.31. The maximum atomic E-state index is 5.91. The number of rotatable bonds is 6. The van der Waals surface area contributed by atoms with Crippen molar-refractivity contribution in [3.8, 4) is 0 Å². The minimum atomic E-state index is 0.311. The Morgan fingerprint density at radius 1 is 1.35 bits per heavy atom. The van der Waals surface area contributed by atoms with E-state index in [2.05, 4.69) is 59.9 Å². The Balaban J connectivity index is 2.70. The molecule has 0 aliphatic rings. The molecule has 17 heavy (non-hydrogen) atoms. The van der Waals surface area contributed by atoms with Crippen molar-refractivity contribution in [2.75, 3.05) is 20.1 Å². The molecule has 1 rings (SSSR count). The molecule has 1 atom stereocenters. The Morgan fingerprint density at radius 2 is 2.06 bits per heavy atom. The smallest absolute Gasteiger partial charge is 0.0467 e. The lowest BCUT2D eigenvalue weighted by molar-refractivity contribution is 0.236. The summed E-state index contributed by atoms with van der Waals surface area (Å²) >= 11 is 3.51. The van der Waals surface area contributed by atoms with Crippen molar-refractivity contribution < 1.29 is 0 Å². The molecule has 96 valence electrons. The van der Waals surface area contributed by atoms with Crippen LogP contribution in [0.5, 0.6) is 0 Å². The van der Waals surface area contributed by atoms with Gasteiger partial charge in [-0.25, -0.2) is 0 Å². The van der Waals surface area contributed by atoms with Gasteiger partial charge in [0.05, 0.1) is 0 Å². The van der Waals surface area contributed by atoms with Crippen LogP contribution in [0.2, 0.25) is 0 Å². The van der Waals surface area contributed by atoms with Crippen LogP contribution in [0, 0.1) is 5.92 Å². The van der Waals surface area contributed by atoms with E-state index in [-0.39, 0.29) is 0 Å². The van der Waals surface area contributed by atoms with Crippen LogP contribution in [-0.2, 0) is 0 Å². The summed E-state index contributed by atoms with van der Waals surface area (Å²) in [7, 11) is 2.15. The fourth-order valence-corrected chi connectivity index (χ4v) is 2.32. The molecule has 0 aliphatic heterocycles. The normalized spacial score (nSPS) is 13.4. The summed E-state index contributed by atoms with van der Waals surface area (Å²) in [6.07, 6.45) is 1.21. The second-order valence-electron chi connectivity index (χ2n) is 4.97. The van der Waals surface area contributed by atoms with E-state index in [0.29, 0.717) is 12.6 Å². The van der Waals surface area contributed by atoms with Crippen LogP contribution < -0.4 is 5.73 Å². The fourth-order valence-electron chi connectivity index (χ4n) is 1.90. The first-order chi connectivity index (χ1) is 8.04. The zero-order chi connectivity index (χ0) is 12.8. The summed E-state index contributed by atoms with van der Waals surface area (Å²) in [4.78, 5) is 2.35. The number of benzene rings is 1. The lowest BCUT2D eigenvalue weighted by Gasteiger charge is -2.28. The Bertz CT molecular complexity index is 339. The van der Waals surface area contributed by atoms with Gasteiger partial charge in [-0.3, -0.25) is 4.90 Å². The summed E-state index contributed by atoms with van der Waals surface area (Å²) in [5, 5.41) is 0. The summed E-state index contributed by atoms with van der Waals surface area (Å²) in [6.45, 7) is 6.26. The van der Waals surface area contributed by atoms with E-state index in [1.807, 2.05) is 6.07 Å². The minimum absolute atomic E-state index is 0.311. The van der Waals surface area contributed by atoms with Crippen LogP contribution in [0.25, 0.3) is 0 Å². The van der Waals surface area contributed by atoms with E-state index >= 15 is 0 Å². The maximum absolute atomic E-state index is 5.91. The topological polar surface area (TPSA) is 29.3 Å². The molecule has 2 N–H and O–H groups in total. The van der Waals surface area contributed by atoms with Crippen LogP contribution in [0.3, 0.4) is 0 Å². The van der Waals surface area contributed by atoms with Gasteiger partial charge in [0.25, 0.3) is 0 Å². The molecule has 0 heterocycles. The van der Waals surface area contributed by atoms with Gasteiger partial charge in [0.1, 0.15) is 0 Å². The third-order valence-electron chi connectivity index (χ3n) is 3.05. The lowest BCUT2D eigenvalue weighted by atomic mass is 10.0.